The third-order valence-corrected chi connectivity index (χ3v) is 3.92. The van der Waals surface area contributed by atoms with Gasteiger partial charge in [-0.1, -0.05) is 24.3 Å². The monoisotopic (exact) mass is 368 g/mol. The van der Waals surface area contributed by atoms with Crippen LogP contribution in [0.5, 0.6) is 17.2 Å². The zero-order valence-corrected chi connectivity index (χ0v) is 15.8. The SMILES string of the molecule is COc1cc(C=CC(=O)CCOC=Cc2ccc(O)c(OC)c2)ccc1C. The van der Waals surface area contributed by atoms with Gasteiger partial charge in [-0.3, -0.25) is 4.79 Å². The number of rotatable bonds is 9. The Labute approximate surface area is 159 Å². The van der Waals surface area contributed by atoms with Gasteiger partial charge in [-0.05, 0) is 54.0 Å². The topological polar surface area (TPSA) is 65.0 Å². The molecule has 0 aliphatic rings. The molecule has 0 amide bonds. The summed E-state index contributed by atoms with van der Waals surface area (Å²) in [5.74, 6) is 1.25. The maximum atomic E-state index is 11.9. The number of hydrogen-bond donors (Lipinski definition) is 1. The van der Waals surface area contributed by atoms with Crippen LogP contribution in [0.3, 0.4) is 0 Å². The van der Waals surface area contributed by atoms with Crippen molar-refractivity contribution in [3.63, 3.8) is 0 Å². The molecule has 0 heterocycles. The third-order valence-electron chi connectivity index (χ3n) is 3.92. The van der Waals surface area contributed by atoms with Gasteiger partial charge in [0.2, 0.25) is 0 Å². The number of ether oxygens (including phenoxy) is 3. The summed E-state index contributed by atoms with van der Waals surface area (Å²) in [6.07, 6.45) is 6.85. The number of phenols is 1. The van der Waals surface area contributed by atoms with E-state index in [1.165, 1.54) is 13.4 Å². The standard InChI is InChI=1S/C22H24O5/c1-16-4-5-17(14-21(16)25-2)6-8-19(23)11-13-27-12-10-18-7-9-20(24)22(15-18)26-3/h4-10,12,14-15,24H,11,13H2,1-3H3. The van der Waals surface area contributed by atoms with E-state index in [0.29, 0.717) is 5.75 Å². The van der Waals surface area contributed by atoms with Gasteiger partial charge < -0.3 is 19.3 Å². The van der Waals surface area contributed by atoms with Gasteiger partial charge in [0.05, 0.1) is 27.1 Å². The normalized spacial score (nSPS) is 11.1. The minimum absolute atomic E-state index is 0.0192. The summed E-state index contributed by atoms with van der Waals surface area (Å²) in [6.45, 7) is 2.25. The van der Waals surface area contributed by atoms with Gasteiger partial charge in [-0.15, -0.1) is 0 Å². The van der Waals surface area contributed by atoms with E-state index in [0.717, 1.165) is 22.4 Å². The van der Waals surface area contributed by atoms with Crippen molar-refractivity contribution in [3.8, 4) is 17.2 Å². The van der Waals surface area contributed by atoms with E-state index in [4.69, 9.17) is 14.2 Å². The van der Waals surface area contributed by atoms with Crippen molar-refractivity contribution < 1.29 is 24.1 Å². The van der Waals surface area contributed by atoms with Crippen LogP contribution < -0.4 is 9.47 Å². The molecule has 2 aromatic carbocycles. The van der Waals surface area contributed by atoms with Crippen molar-refractivity contribution in [2.24, 2.45) is 0 Å². The molecule has 0 aliphatic carbocycles. The summed E-state index contributed by atoms with van der Waals surface area (Å²) < 4.78 is 15.7. The van der Waals surface area contributed by atoms with Crippen LogP contribution in [0.2, 0.25) is 0 Å². The Kier molecular flexibility index (Phi) is 7.49. The molecule has 0 unspecified atom stereocenters. The van der Waals surface area contributed by atoms with Gasteiger partial charge in [0.25, 0.3) is 0 Å². The first-order chi connectivity index (χ1) is 13.0. The number of allylic oxidation sites excluding steroid dienone is 1. The number of phenolic OH excluding ortho intramolecular Hbond substituents is 1. The summed E-state index contributed by atoms with van der Waals surface area (Å²) in [6, 6.07) is 10.8. The lowest BCUT2D eigenvalue weighted by Gasteiger charge is -2.05. The van der Waals surface area contributed by atoms with Crippen molar-refractivity contribution in [3.05, 3.63) is 65.4 Å². The number of benzene rings is 2. The van der Waals surface area contributed by atoms with Crippen LogP contribution in [0.15, 0.2) is 48.7 Å². The quantitative estimate of drug-likeness (QED) is 0.404. The molecule has 0 saturated carbocycles. The van der Waals surface area contributed by atoms with Gasteiger partial charge in [-0.25, -0.2) is 0 Å². The number of carbonyl (C=O) groups is 1. The number of ketones is 1. The minimum atomic E-state index is -0.0192. The highest BCUT2D eigenvalue weighted by atomic mass is 16.5. The van der Waals surface area contributed by atoms with Crippen LogP contribution >= 0.6 is 0 Å². The highest BCUT2D eigenvalue weighted by Gasteiger charge is 2.01. The smallest absolute Gasteiger partial charge is 0.161 e. The second-order valence-corrected chi connectivity index (χ2v) is 5.88. The molecular weight excluding hydrogens is 344 g/mol. The Morgan fingerprint density at radius 2 is 1.67 bits per heavy atom. The van der Waals surface area contributed by atoms with Crippen LogP contribution in [-0.4, -0.2) is 31.7 Å². The second kappa shape index (κ2) is 10.1. The van der Waals surface area contributed by atoms with E-state index in [2.05, 4.69) is 0 Å². The zero-order chi connectivity index (χ0) is 19.6. The lowest BCUT2D eigenvalue weighted by Crippen LogP contribution is -1.98. The molecule has 0 aromatic heterocycles. The summed E-state index contributed by atoms with van der Waals surface area (Å²) in [4.78, 5) is 11.9. The van der Waals surface area contributed by atoms with Gasteiger partial charge in [0.1, 0.15) is 5.75 Å². The molecule has 2 rings (SSSR count). The molecule has 0 saturated heterocycles. The Bertz CT molecular complexity index is 837. The molecule has 0 atom stereocenters. The summed E-state index contributed by atoms with van der Waals surface area (Å²) in [7, 11) is 3.12. The van der Waals surface area contributed by atoms with E-state index in [1.807, 2.05) is 25.1 Å². The predicted octanol–water partition coefficient (Wildman–Crippen LogP) is 4.38. The summed E-state index contributed by atoms with van der Waals surface area (Å²) in [5.41, 5.74) is 2.78. The molecule has 142 valence electrons. The van der Waals surface area contributed by atoms with E-state index in [1.54, 1.807) is 43.5 Å². The third kappa shape index (κ3) is 6.22. The Hall–Kier alpha value is -3.21. The maximum Gasteiger partial charge on any atom is 0.161 e. The van der Waals surface area contributed by atoms with Crippen molar-refractivity contribution in [2.45, 2.75) is 13.3 Å². The number of aromatic hydroxyl groups is 1. The lowest BCUT2D eigenvalue weighted by molar-refractivity contribution is -0.115. The van der Waals surface area contributed by atoms with Crippen molar-refractivity contribution >= 4 is 17.9 Å². The van der Waals surface area contributed by atoms with Gasteiger partial charge in [0, 0.05) is 6.42 Å². The Morgan fingerprint density at radius 3 is 2.41 bits per heavy atom. The molecule has 5 heteroatoms. The van der Waals surface area contributed by atoms with Crippen LogP contribution in [0.4, 0.5) is 0 Å². The lowest BCUT2D eigenvalue weighted by atomic mass is 10.1. The van der Waals surface area contributed by atoms with Gasteiger partial charge >= 0.3 is 0 Å². The van der Waals surface area contributed by atoms with E-state index in [-0.39, 0.29) is 24.6 Å². The van der Waals surface area contributed by atoms with Crippen LogP contribution in [0, 0.1) is 6.92 Å². The number of methoxy groups -OCH3 is 2. The zero-order valence-electron chi connectivity index (χ0n) is 15.8. The molecule has 0 aliphatic heterocycles. The first-order valence-electron chi connectivity index (χ1n) is 8.54. The number of hydrogen-bond acceptors (Lipinski definition) is 5. The van der Waals surface area contributed by atoms with Crippen LogP contribution in [0.1, 0.15) is 23.1 Å². The highest BCUT2D eigenvalue weighted by Crippen LogP contribution is 2.26. The number of carbonyl (C=O) groups excluding carboxylic acids is 1. The molecule has 0 spiro atoms. The van der Waals surface area contributed by atoms with Gasteiger partial charge in [-0.2, -0.15) is 0 Å². The highest BCUT2D eigenvalue weighted by molar-refractivity contribution is 5.93. The molecule has 1 N–H and O–H groups in total. The second-order valence-electron chi connectivity index (χ2n) is 5.88. The maximum absolute atomic E-state index is 11.9. The molecular formula is C22H24O5. The van der Waals surface area contributed by atoms with E-state index < -0.39 is 0 Å². The molecule has 0 radical (unpaired) electrons. The Balaban J connectivity index is 1.79. The Morgan fingerprint density at radius 1 is 1.00 bits per heavy atom. The van der Waals surface area contributed by atoms with Crippen molar-refractivity contribution in [2.75, 3.05) is 20.8 Å². The van der Waals surface area contributed by atoms with Crippen molar-refractivity contribution in [1.82, 2.24) is 0 Å². The molecule has 27 heavy (non-hydrogen) atoms. The largest absolute Gasteiger partial charge is 0.504 e. The summed E-state index contributed by atoms with van der Waals surface area (Å²) >= 11 is 0. The summed E-state index contributed by atoms with van der Waals surface area (Å²) in [5, 5.41) is 9.55. The van der Waals surface area contributed by atoms with Gasteiger partial charge in [0.15, 0.2) is 17.3 Å². The fourth-order valence-corrected chi connectivity index (χ4v) is 2.36. The van der Waals surface area contributed by atoms with Crippen molar-refractivity contribution in [1.29, 1.82) is 0 Å². The number of aryl methyl sites for hydroxylation is 1. The van der Waals surface area contributed by atoms with E-state index >= 15 is 0 Å². The minimum Gasteiger partial charge on any atom is -0.504 e. The molecule has 2 aromatic rings. The van der Waals surface area contributed by atoms with Crippen LogP contribution in [-0.2, 0) is 9.53 Å². The first kappa shape index (κ1) is 20.1. The van der Waals surface area contributed by atoms with Crippen LogP contribution in [0.25, 0.3) is 12.2 Å². The molecule has 5 nitrogen and oxygen atoms in total. The molecule has 0 fully saturated rings. The fourth-order valence-electron chi connectivity index (χ4n) is 2.36. The molecule has 0 bridgehead atoms. The van der Waals surface area contributed by atoms with E-state index in [9.17, 15) is 9.90 Å². The predicted molar refractivity (Wildman–Crippen MR) is 106 cm³/mol. The average molecular weight is 368 g/mol. The fraction of sp³-hybridized carbons (Fsp3) is 0.227. The average Bonchev–Trinajstić information content (AvgIpc) is 2.68. The first-order valence-corrected chi connectivity index (χ1v) is 8.54.